The van der Waals surface area contributed by atoms with Crippen LogP contribution in [0.25, 0.3) is 0 Å². The number of aromatic nitrogens is 1. The van der Waals surface area contributed by atoms with Gasteiger partial charge in [-0.2, -0.15) is 0 Å². The van der Waals surface area contributed by atoms with Crippen LogP contribution in [-0.2, 0) is 16.1 Å². The van der Waals surface area contributed by atoms with Gasteiger partial charge in [0.25, 0.3) is 0 Å². The van der Waals surface area contributed by atoms with Crippen LogP contribution in [0.15, 0.2) is 18.3 Å². The summed E-state index contributed by atoms with van der Waals surface area (Å²) < 4.78 is 5.40. The minimum absolute atomic E-state index is 0.304. The highest BCUT2D eigenvalue weighted by molar-refractivity contribution is 5.76. The number of aryl methyl sites for hydroxylation is 1. The molecular formula is C20H32N4O2. The van der Waals surface area contributed by atoms with E-state index in [1.807, 2.05) is 17.2 Å². The summed E-state index contributed by atoms with van der Waals surface area (Å²) in [5.41, 5.74) is 2.38. The lowest BCUT2D eigenvalue weighted by Gasteiger charge is -2.36. The molecule has 0 saturated carbocycles. The lowest BCUT2D eigenvalue weighted by Crippen LogP contribution is -2.48. The zero-order valence-corrected chi connectivity index (χ0v) is 16.2. The molecule has 1 aromatic rings. The van der Waals surface area contributed by atoms with Gasteiger partial charge in [-0.25, -0.2) is 0 Å². The summed E-state index contributed by atoms with van der Waals surface area (Å²) in [6.45, 7) is 12.3. The minimum atomic E-state index is 0.304. The molecule has 0 N–H and O–H groups in total. The zero-order chi connectivity index (χ0) is 18.4. The molecule has 2 fully saturated rings. The van der Waals surface area contributed by atoms with Crippen LogP contribution in [0.2, 0.25) is 0 Å². The topological polar surface area (TPSA) is 48.9 Å². The summed E-state index contributed by atoms with van der Waals surface area (Å²) in [4.78, 5) is 23.9. The highest BCUT2D eigenvalue weighted by Gasteiger charge is 2.23. The first-order valence-corrected chi connectivity index (χ1v) is 9.86. The highest BCUT2D eigenvalue weighted by Crippen LogP contribution is 2.13. The number of pyridine rings is 1. The Kier molecular flexibility index (Phi) is 7.00. The first kappa shape index (κ1) is 19.3. The summed E-state index contributed by atoms with van der Waals surface area (Å²) >= 11 is 0. The Hall–Kier alpha value is -1.50. The Balaban J connectivity index is 1.38. The Morgan fingerprint density at radius 1 is 1.19 bits per heavy atom. The Morgan fingerprint density at radius 3 is 2.62 bits per heavy atom. The number of rotatable bonds is 6. The van der Waals surface area contributed by atoms with Crippen LogP contribution in [0, 0.1) is 6.92 Å². The molecule has 2 saturated heterocycles. The fourth-order valence-electron chi connectivity index (χ4n) is 3.74. The standard InChI is InChI=1S/C20H32N4O2/c1-17-4-3-7-21-19(17)16-22-8-10-24(11-9-22)20(25)6-5-18(2)23-12-14-26-15-13-23/h3-4,7,18H,5-6,8-16H2,1-2H3. The van der Waals surface area contributed by atoms with Crippen LogP contribution in [-0.4, -0.2) is 84.1 Å². The molecule has 6 nitrogen and oxygen atoms in total. The van der Waals surface area contributed by atoms with E-state index < -0.39 is 0 Å². The van der Waals surface area contributed by atoms with Crippen LogP contribution >= 0.6 is 0 Å². The molecule has 3 rings (SSSR count). The maximum atomic E-state index is 12.6. The molecule has 3 heterocycles. The van der Waals surface area contributed by atoms with Gasteiger partial charge in [-0.1, -0.05) is 6.07 Å². The number of carbonyl (C=O) groups is 1. The molecule has 0 aliphatic carbocycles. The van der Waals surface area contributed by atoms with E-state index in [9.17, 15) is 4.79 Å². The van der Waals surface area contributed by atoms with Crippen LogP contribution < -0.4 is 0 Å². The molecule has 6 heteroatoms. The van der Waals surface area contributed by atoms with E-state index in [1.54, 1.807) is 0 Å². The third kappa shape index (κ3) is 5.25. The first-order valence-electron chi connectivity index (χ1n) is 9.86. The predicted octanol–water partition coefficient (Wildman–Crippen LogP) is 1.54. The van der Waals surface area contributed by atoms with Gasteiger partial charge in [-0.05, 0) is 31.9 Å². The van der Waals surface area contributed by atoms with E-state index in [4.69, 9.17) is 4.74 Å². The van der Waals surface area contributed by atoms with Crippen molar-refractivity contribution in [1.82, 2.24) is 19.7 Å². The van der Waals surface area contributed by atoms with Gasteiger partial charge in [0.15, 0.2) is 0 Å². The number of amides is 1. The normalized spacial score (nSPS) is 20.9. The maximum absolute atomic E-state index is 12.6. The van der Waals surface area contributed by atoms with Crippen LogP contribution in [0.4, 0.5) is 0 Å². The average Bonchev–Trinajstić information content (AvgIpc) is 2.69. The van der Waals surface area contributed by atoms with Crippen molar-refractivity contribution < 1.29 is 9.53 Å². The number of hydrogen-bond donors (Lipinski definition) is 0. The van der Waals surface area contributed by atoms with Crippen molar-refractivity contribution in [2.24, 2.45) is 0 Å². The molecule has 2 aliphatic rings. The lowest BCUT2D eigenvalue weighted by atomic mass is 10.1. The number of hydrogen-bond acceptors (Lipinski definition) is 5. The molecule has 26 heavy (non-hydrogen) atoms. The molecule has 144 valence electrons. The van der Waals surface area contributed by atoms with Crippen molar-refractivity contribution >= 4 is 5.91 Å². The molecule has 2 aliphatic heterocycles. The molecule has 1 atom stereocenters. The summed E-state index contributed by atoms with van der Waals surface area (Å²) in [6, 6.07) is 4.54. The summed E-state index contributed by atoms with van der Waals surface area (Å²) in [5, 5.41) is 0. The third-order valence-electron chi connectivity index (χ3n) is 5.66. The number of morpholine rings is 1. The highest BCUT2D eigenvalue weighted by atomic mass is 16.5. The Bertz CT molecular complexity index is 581. The summed E-state index contributed by atoms with van der Waals surface area (Å²) in [5.74, 6) is 0.304. The second-order valence-electron chi connectivity index (χ2n) is 7.46. The predicted molar refractivity (Wildman–Crippen MR) is 102 cm³/mol. The van der Waals surface area contributed by atoms with Crippen molar-refractivity contribution in [2.45, 2.75) is 39.3 Å². The van der Waals surface area contributed by atoms with Gasteiger partial charge in [0, 0.05) is 64.5 Å². The molecule has 0 radical (unpaired) electrons. The second kappa shape index (κ2) is 9.44. The fraction of sp³-hybridized carbons (Fsp3) is 0.700. The average molecular weight is 361 g/mol. The lowest BCUT2D eigenvalue weighted by molar-refractivity contribution is -0.133. The van der Waals surface area contributed by atoms with E-state index in [0.717, 1.165) is 71.1 Å². The van der Waals surface area contributed by atoms with E-state index in [1.165, 1.54) is 5.56 Å². The monoisotopic (exact) mass is 360 g/mol. The van der Waals surface area contributed by atoms with Crippen molar-refractivity contribution in [3.05, 3.63) is 29.6 Å². The molecule has 1 unspecified atom stereocenters. The van der Waals surface area contributed by atoms with Crippen LogP contribution in [0.5, 0.6) is 0 Å². The number of nitrogens with zero attached hydrogens (tertiary/aromatic N) is 4. The zero-order valence-electron chi connectivity index (χ0n) is 16.2. The fourth-order valence-corrected chi connectivity index (χ4v) is 3.74. The van der Waals surface area contributed by atoms with Gasteiger partial charge < -0.3 is 9.64 Å². The van der Waals surface area contributed by atoms with Gasteiger partial charge in [0.2, 0.25) is 5.91 Å². The summed E-state index contributed by atoms with van der Waals surface area (Å²) in [6.07, 6.45) is 3.45. The second-order valence-corrected chi connectivity index (χ2v) is 7.46. The SMILES string of the molecule is Cc1cccnc1CN1CCN(C(=O)CCC(C)N2CCOCC2)CC1. The maximum Gasteiger partial charge on any atom is 0.222 e. The summed E-state index contributed by atoms with van der Waals surface area (Å²) in [7, 11) is 0. The molecular weight excluding hydrogens is 328 g/mol. The first-order chi connectivity index (χ1) is 12.6. The number of ether oxygens (including phenoxy) is 1. The molecule has 1 amide bonds. The molecule has 0 aromatic carbocycles. The van der Waals surface area contributed by atoms with Gasteiger partial charge in [0.05, 0.1) is 18.9 Å². The van der Waals surface area contributed by atoms with Crippen molar-refractivity contribution in [3.8, 4) is 0 Å². The Morgan fingerprint density at radius 2 is 1.92 bits per heavy atom. The van der Waals surface area contributed by atoms with Crippen LogP contribution in [0.1, 0.15) is 31.0 Å². The van der Waals surface area contributed by atoms with Gasteiger partial charge in [-0.15, -0.1) is 0 Å². The van der Waals surface area contributed by atoms with Gasteiger partial charge in [0.1, 0.15) is 0 Å². The molecule has 0 spiro atoms. The van der Waals surface area contributed by atoms with E-state index in [0.29, 0.717) is 18.4 Å². The number of piperazine rings is 1. The van der Waals surface area contributed by atoms with Crippen molar-refractivity contribution in [1.29, 1.82) is 0 Å². The van der Waals surface area contributed by atoms with E-state index >= 15 is 0 Å². The van der Waals surface area contributed by atoms with Gasteiger partial charge >= 0.3 is 0 Å². The van der Waals surface area contributed by atoms with E-state index in [2.05, 4.69) is 34.7 Å². The smallest absolute Gasteiger partial charge is 0.222 e. The van der Waals surface area contributed by atoms with Crippen LogP contribution in [0.3, 0.4) is 0 Å². The van der Waals surface area contributed by atoms with E-state index in [-0.39, 0.29) is 0 Å². The van der Waals surface area contributed by atoms with Crippen molar-refractivity contribution in [3.63, 3.8) is 0 Å². The largest absolute Gasteiger partial charge is 0.379 e. The molecule has 0 bridgehead atoms. The third-order valence-corrected chi connectivity index (χ3v) is 5.66. The van der Waals surface area contributed by atoms with Crippen molar-refractivity contribution in [2.75, 3.05) is 52.5 Å². The quantitative estimate of drug-likeness (QED) is 0.770. The molecule has 1 aromatic heterocycles. The number of carbonyl (C=O) groups excluding carboxylic acids is 1. The minimum Gasteiger partial charge on any atom is -0.379 e. The Labute approximate surface area is 157 Å². The van der Waals surface area contributed by atoms with Gasteiger partial charge in [-0.3, -0.25) is 19.6 Å².